The van der Waals surface area contributed by atoms with Crippen molar-refractivity contribution in [3.05, 3.63) is 11.1 Å². The highest BCUT2D eigenvalue weighted by atomic mass is 32.1. The van der Waals surface area contributed by atoms with Gasteiger partial charge in [-0.05, 0) is 19.1 Å². The van der Waals surface area contributed by atoms with E-state index in [-0.39, 0.29) is 6.03 Å². The van der Waals surface area contributed by atoms with Crippen molar-refractivity contribution >= 4 is 18.2 Å². The first-order valence-corrected chi connectivity index (χ1v) is 7.24. The molecule has 1 aliphatic rings. The lowest BCUT2D eigenvalue weighted by Gasteiger charge is -2.35. The number of hydrogen-bond acceptors (Lipinski definition) is 4. The van der Waals surface area contributed by atoms with Crippen LogP contribution in [0.5, 0.6) is 0 Å². The predicted octanol–water partition coefficient (Wildman–Crippen LogP) is 0.691. The maximum atomic E-state index is 11.9. The first-order valence-electron chi connectivity index (χ1n) is 6.83. The Morgan fingerprint density at radius 3 is 2.50 bits per heavy atom. The third kappa shape index (κ3) is 3.18. The molecule has 1 aromatic heterocycles. The van der Waals surface area contributed by atoms with Crippen molar-refractivity contribution in [3.63, 3.8) is 0 Å². The fraction of sp³-hybridized carbons (Fsp3) is 0.750. The van der Waals surface area contributed by atoms with Crippen LogP contribution in [-0.2, 0) is 13.2 Å². The Labute approximate surface area is 124 Å². The predicted molar refractivity (Wildman–Crippen MR) is 79.0 cm³/mol. The van der Waals surface area contributed by atoms with Crippen molar-refractivity contribution in [2.75, 3.05) is 40.3 Å². The van der Waals surface area contributed by atoms with E-state index in [1.807, 2.05) is 21.1 Å². The van der Waals surface area contributed by atoms with Crippen LogP contribution in [0.2, 0.25) is 0 Å². The standard InChI is InChI=1S/C12H22N6OS/c1-4-16-9-13-18(12(16)20)10-15-5-7-17(8-6-15)11(19)14(2)3/h9H,4-8,10H2,1-3H3. The van der Waals surface area contributed by atoms with Gasteiger partial charge in [-0.25, -0.2) is 9.48 Å². The molecule has 0 unspecified atom stereocenters. The van der Waals surface area contributed by atoms with Crippen molar-refractivity contribution in [1.29, 1.82) is 0 Å². The van der Waals surface area contributed by atoms with Gasteiger partial charge in [0.05, 0.1) is 6.67 Å². The summed E-state index contributed by atoms with van der Waals surface area (Å²) in [5.74, 6) is 0. The van der Waals surface area contributed by atoms with Gasteiger partial charge < -0.3 is 14.4 Å². The van der Waals surface area contributed by atoms with Crippen molar-refractivity contribution in [2.24, 2.45) is 0 Å². The Balaban J connectivity index is 1.90. The van der Waals surface area contributed by atoms with Gasteiger partial charge in [-0.2, -0.15) is 5.10 Å². The Bertz CT molecular complexity index is 514. The molecule has 0 saturated carbocycles. The second-order valence-corrected chi connectivity index (χ2v) is 5.49. The number of aromatic nitrogens is 3. The SMILES string of the molecule is CCn1cnn(CN2CCN(C(=O)N(C)C)CC2)c1=S. The average Bonchev–Trinajstić information content (AvgIpc) is 2.79. The van der Waals surface area contributed by atoms with E-state index in [9.17, 15) is 4.79 Å². The molecule has 2 heterocycles. The lowest BCUT2D eigenvalue weighted by molar-refractivity contribution is 0.102. The zero-order chi connectivity index (χ0) is 14.7. The molecule has 20 heavy (non-hydrogen) atoms. The van der Waals surface area contributed by atoms with Crippen LogP contribution in [0.1, 0.15) is 6.92 Å². The van der Waals surface area contributed by atoms with Crippen LogP contribution >= 0.6 is 12.2 Å². The van der Waals surface area contributed by atoms with Gasteiger partial charge >= 0.3 is 6.03 Å². The zero-order valence-electron chi connectivity index (χ0n) is 12.3. The van der Waals surface area contributed by atoms with E-state index in [1.165, 1.54) is 0 Å². The van der Waals surface area contributed by atoms with Gasteiger partial charge in [0.1, 0.15) is 6.33 Å². The van der Waals surface area contributed by atoms with Crippen LogP contribution in [0.4, 0.5) is 4.79 Å². The maximum Gasteiger partial charge on any atom is 0.319 e. The number of piperazine rings is 1. The van der Waals surface area contributed by atoms with E-state index < -0.39 is 0 Å². The van der Waals surface area contributed by atoms with Crippen LogP contribution in [0, 0.1) is 4.77 Å². The van der Waals surface area contributed by atoms with Gasteiger partial charge in [0.25, 0.3) is 0 Å². The van der Waals surface area contributed by atoms with E-state index in [2.05, 4.69) is 10.00 Å². The molecule has 0 aliphatic carbocycles. The summed E-state index contributed by atoms with van der Waals surface area (Å²) in [6.45, 7) is 6.77. The molecule has 0 N–H and O–H groups in total. The summed E-state index contributed by atoms with van der Waals surface area (Å²) < 4.78 is 4.53. The average molecular weight is 298 g/mol. The summed E-state index contributed by atoms with van der Waals surface area (Å²) in [5.41, 5.74) is 0. The number of aryl methyl sites for hydroxylation is 1. The maximum absolute atomic E-state index is 11.9. The topological polar surface area (TPSA) is 49.5 Å². The minimum absolute atomic E-state index is 0.0801. The molecule has 1 aliphatic heterocycles. The number of urea groups is 1. The Morgan fingerprint density at radius 1 is 1.35 bits per heavy atom. The fourth-order valence-electron chi connectivity index (χ4n) is 2.24. The first kappa shape index (κ1) is 15.0. The highest BCUT2D eigenvalue weighted by molar-refractivity contribution is 7.71. The minimum Gasteiger partial charge on any atom is -0.331 e. The molecule has 1 aromatic rings. The molecule has 2 rings (SSSR count). The van der Waals surface area contributed by atoms with Crippen LogP contribution in [0.15, 0.2) is 6.33 Å². The molecule has 0 radical (unpaired) electrons. The van der Waals surface area contributed by atoms with Crippen molar-refractivity contribution < 1.29 is 4.79 Å². The molecule has 7 nitrogen and oxygen atoms in total. The van der Waals surface area contributed by atoms with E-state index in [0.29, 0.717) is 6.67 Å². The summed E-state index contributed by atoms with van der Waals surface area (Å²) in [7, 11) is 3.57. The molecule has 1 saturated heterocycles. The second-order valence-electron chi connectivity index (χ2n) is 5.12. The Hall–Kier alpha value is -1.41. The molecule has 8 heteroatoms. The molecule has 0 aromatic carbocycles. The number of carbonyl (C=O) groups excluding carboxylic acids is 1. The third-order valence-electron chi connectivity index (χ3n) is 3.50. The van der Waals surface area contributed by atoms with E-state index in [0.717, 1.165) is 37.5 Å². The Morgan fingerprint density at radius 2 is 2.00 bits per heavy atom. The molecule has 0 spiro atoms. The van der Waals surface area contributed by atoms with E-state index in [4.69, 9.17) is 12.2 Å². The number of carbonyl (C=O) groups is 1. The lowest BCUT2D eigenvalue weighted by Crippen LogP contribution is -2.51. The van der Waals surface area contributed by atoms with Crippen molar-refractivity contribution in [1.82, 2.24) is 29.0 Å². The molecule has 0 atom stereocenters. The number of hydrogen-bond donors (Lipinski definition) is 0. The smallest absolute Gasteiger partial charge is 0.319 e. The second kappa shape index (κ2) is 6.36. The lowest BCUT2D eigenvalue weighted by atomic mass is 10.3. The minimum atomic E-state index is 0.0801. The highest BCUT2D eigenvalue weighted by Gasteiger charge is 2.22. The highest BCUT2D eigenvalue weighted by Crippen LogP contribution is 2.06. The Kier molecular flexibility index (Phi) is 4.77. The summed E-state index contributed by atoms with van der Waals surface area (Å²) in [6, 6.07) is 0.0801. The number of rotatable bonds is 3. The van der Waals surface area contributed by atoms with E-state index >= 15 is 0 Å². The van der Waals surface area contributed by atoms with Crippen LogP contribution in [-0.4, -0.2) is 75.4 Å². The number of nitrogens with zero attached hydrogens (tertiary/aromatic N) is 6. The summed E-state index contributed by atoms with van der Waals surface area (Å²) in [5, 5.41) is 4.31. The summed E-state index contributed by atoms with van der Waals surface area (Å²) in [6.07, 6.45) is 1.77. The fourth-order valence-corrected chi connectivity index (χ4v) is 2.52. The molecular weight excluding hydrogens is 276 g/mol. The van der Waals surface area contributed by atoms with Crippen molar-refractivity contribution in [3.8, 4) is 0 Å². The molecule has 2 amide bonds. The molecule has 1 fully saturated rings. The van der Waals surface area contributed by atoms with E-state index in [1.54, 1.807) is 25.3 Å². The third-order valence-corrected chi connectivity index (χ3v) is 3.94. The first-order chi connectivity index (χ1) is 9.52. The zero-order valence-corrected chi connectivity index (χ0v) is 13.1. The van der Waals surface area contributed by atoms with Crippen LogP contribution in [0.25, 0.3) is 0 Å². The molecule has 112 valence electrons. The molecule has 0 bridgehead atoms. The van der Waals surface area contributed by atoms with Crippen molar-refractivity contribution in [2.45, 2.75) is 20.1 Å². The van der Waals surface area contributed by atoms with Gasteiger partial charge in [0.2, 0.25) is 0 Å². The van der Waals surface area contributed by atoms with Gasteiger partial charge in [-0.1, -0.05) is 0 Å². The number of amides is 2. The van der Waals surface area contributed by atoms with Gasteiger partial charge in [0.15, 0.2) is 4.77 Å². The van der Waals surface area contributed by atoms with Crippen LogP contribution < -0.4 is 0 Å². The van der Waals surface area contributed by atoms with Gasteiger partial charge in [0, 0.05) is 46.8 Å². The molecular formula is C12H22N6OS. The van der Waals surface area contributed by atoms with Gasteiger partial charge in [-0.15, -0.1) is 0 Å². The summed E-state index contributed by atoms with van der Waals surface area (Å²) >= 11 is 5.36. The van der Waals surface area contributed by atoms with Gasteiger partial charge in [-0.3, -0.25) is 4.90 Å². The monoisotopic (exact) mass is 298 g/mol. The largest absolute Gasteiger partial charge is 0.331 e. The van der Waals surface area contributed by atoms with Crippen LogP contribution in [0.3, 0.4) is 0 Å². The summed E-state index contributed by atoms with van der Waals surface area (Å²) in [4.78, 5) is 17.6. The normalized spacial score (nSPS) is 16.4. The quantitative estimate of drug-likeness (QED) is 0.771.